The molecule has 0 radical (unpaired) electrons. The fourth-order valence-corrected chi connectivity index (χ4v) is 3.95. The molecule has 8 heteroatoms. The van der Waals surface area contributed by atoms with Gasteiger partial charge in [0.2, 0.25) is 0 Å². The minimum Gasteiger partial charge on any atom is -0.380 e. The van der Waals surface area contributed by atoms with Crippen LogP contribution in [0.5, 0.6) is 0 Å². The first-order valence-electron chi connectivity index (χ1n) is 10.0. The van der Waals surface area contributed by atoms with Gasteiger partial charge in [0.1, 0.15) is 0 Å². The number of aromatic nitrogens is 2. The number of aromatic amines is 1. The smallest absolute Gasteiger partial charge is 0.380 e. The lowest BCUT2D eigenvalue weighted by Crippen LogP contribution is -2.34. The highest BCUT2D eigenvalue weighted by Crippen LogP contribution is 2.39. The molecule has 1 aromatic heterocycles. The Labute approximate surface area is 169 Å². The molecule has 0 saturated carbocycles. The van der Waals surface area contributed by atoms with Crippen LogP contribution in [0.25, 0.3) is 0 Å². The van der Waals surface area contributed by atoms with Gasteiger partial charge in [0.25, 0.3) is 0 Å². The SMILES string of the molecule is C=CC1NN=C(C(C)C)C1C1=CNC(c2c[nH]nc2C(F)(F)F)C=C1CCCC. The quantitative estimate of drug-likeness (QED) is 0.566. The predicted octanol–water partition coefficient (Wildman–Crippen LogP) is 4.86. The Morgan fingerprint density at radius 1 is 1.31 bits per heavy atom. The number of dihydropyridines is 1. The molecule has 5 nitrogen and oxygen atoms in total. The van der Waals surface area contributed by atoms with Crippen LogP contribution < -0.4 is 10.7 Å². The molecule has 3 unspecified atom stereocenters. The molecule has 2 aliphatic heterocycles. The lowest BCUT2D eigenvalue weighted by Gasteiger charge is -2.30. The van der Waals surface area contributed by atoms with Crippen molar-refractivity contribution in [3.63, 3.8) is 0 Å². The van der Waals surface area contributed by atoms with Gasteiger partial charge in [0.05, 0.1) is 23.7 Å². The third-order valence-corrected chi connectivity index (χ3v) is 5.43. The van der Waals surface area contributed by atoms with Gasteiger partial charge >= 0.3 is 6.18 Å². The summed E-state index contributed by atoms with van der Waals surface area (Å²) in [4.78, 5) is 0. The molecule has 1 aromatic rings. The molecule has 158 valence electrons. The van der Waals surface area contributed by atoms with Crippen molar-refractivity contribution in [2.45, 2.75) is 58.3 Å². The van der Waals surface area contributed by atoms with Gasteiger partial charge in [-0.05, 0) is 29.9 Å². The van der Waals surface area contributed by atoms with E-state index in [0.29, 0.717) is 0 Å². The van der Waals surface area contributed by atoms with Crippen molar-refractivity contribution in [1.82, 2.24) is 20.9 Å². The molecular weight excluding hydrogens is 379 g/mol. The standard InChI is InChI=1S/C21H28F3N5/c1-5-7-8-13-9-17(15-11-26-29-20(15)21(22,23)24)25-10-14(13)18-16(6-2)27-28-19(18)12(3)4/h6,9-12,16-18,25,27H,2,5,7-8H2,1,3-4H3,(H,26,29). The summed E-state index contributed by atoms with van der Waals surface area (Å²) in [6, 6.07) is -0.626. The fourth-order valence-electron chi connectivity index (χ4n) is 3.95. The second kappa shape index (κ2) is 8.47. The molecule has 0 bridgehead atoms. The molecule has 2 aliphatic rings. The molecule has 3 rings (SSSR count). The Balaban J connectivity index is 1.97. The number of hydrazone groups is 1. The topological polar surface area (TPSA) is 65.1 Å². The maximum Gasteiger partial charge on any atom is 0.435 e. The van der Waals surface area contributed by atoms with Gasteiger partial charge in [-0.15, -0.1) is 6.58 Å². The maximum atomic E-state index is 13.3. The maximum absolute atomic E-state index is 13.3. The summed E-state index contributed by atoms with van der Waals surface area (Å²) in [5.41, 5.74) is 5.51. The molecule has 0 fully saturated rings. The van der Waals surface area contributed by atoms with Crippen LogP contribution in [-0.4, -0.2) is 22.0 Å². The molecule has 0 aromatic carbocycles. The van der Waals surface area contributed by atoms with Gasteiger partial charge in [-0.3, -0.25) is 5.10 Å². The highest BCUT2D eigenvalue weighted by molar-refractivity contribution is 5.93. The summed E-state index contributed by atoms with van der Waals surface area (Å²) < 4.78 is 39.9. The largest absolute Gasteiger partial charge is 0.435 e. The zero-order chi connectivity index (χ0) is 21.2. The Hall–Kier alpha value is -2.51. The Bertz CT molecular complexity index is 832. The molecule has 0 aliphatic carbocycles. The van der Waals surface area contributed by atoms with E-state index in [2.05, 4.69) is 53.4 Å². The molecule has 3 atom stereocenters. The van der Waals surface area contributed by atoms with Crippen LogP contribution in [0.4, 0.5) is 13.2 Å². The van der Waals surface area contributed by atoms with Gasteiger partial charge in [-0.2, -0.15) is 23.4 Å². The Morgan fingerprint density at radius 3 is 2.69 bits per heavy atom. The number of halogens is 3. The van der Waals surface area contributed by atoms with E-state index in [1.807, 2.05) is 18.4 Å². The molecule has 3 N–H and O–H groups in total. The number of unbranched alkanes of at least 4 members (excludes halogenated alkanes) is 1. The highest BCUT2D eigenvalue weighted by atomic mass is 19.4. The van der Waals surface area contributed by atoms with Crippen LogP contribution in [0.3, 0.4) is 0 Å². The van der Waals surface area contributed by atoms with Crippen LogP contribution in [-0.2, 0) is 6.18 Å². The van der Waals surface area contributed by atoms with E-state index in [0.717, 1.165) is 36.1 Å². The van der Waals surface area contributed by atoms with E-state index in [9.17, 15) is 13.2 Å². The minimum atomic E-state index is -4.50. The minimum absolute atomic E-state index is 0.00972. The van der Waals surface area contributed by atoms with Gasteiger partial charge in [0, 0.05) is 18.0 Å². The van der Waals surface area contributed by atoms with Crippen molar-refractivity contribution in [3.05, 3.63) is 53.5 Å². The summed E-state index contributed by atoms with van der Waals surface area (Å²) in [6.07, 6.45) is 5.17. The van der Waals surface area contributed by atoms with E-state index < -0.39 is 17.9 Å². The van der Waals surface area contributed by atoms with Gasteiger partial charge in [0.15, 0.2) is 5.69 Å². The summed E-state index contributed by atoms with van der Waals surface area (Å²) in [6.45, 7) is 10.2. The number of rotatable bonds is 7. The van der Waals surface area contributed by atoms with Crippen molar-refractivity contribution < 1.29 is 13.2 Å². The van der Waals surface area contributed by atoms with Crippen LogP contribution in [0, 0.1) is 11.8 Å². The van der Waals surface area contributed by atoms with E-state index >= 15 is 0 Å². The van der Waals surface area contributed by atoms with Crippen LogP contribution in [0.2, 0.25) is 0 Å². The van der Waals surface area contributed by atoms with E-state index in [1.165, 1.54) is 6.20 Å². The highest BCUT2D eigenvalue weighted by Gasteiger charge is 2.40. The zero-order valence-corrected chi connectivity index (χ0v) is 17.0. The Kier molecular flexibility index (Phi) is 6.19. The molecule has 0 spiro atoms. The summed E-state index contributed by atoms with van der Waals surface area (Å²) in [7, 11) is 0. The lowest BCUT2D eigenvalue weighted by atomic mass is 9.78. The second-order valence-electron chi connectivity index (χ2n) is 7.79. The van der Waals surface area contributed by atoms with Crippen LogP contribution in [0.1, 0.15) is 57.3 Å². The zero-order valence-electron chi connectivity index (χ0n) is 17.0. The first-order valence-corrected chi connectivity index (χ1v) is 10.0. The Morgan fingerprint density at radius 2 is 2.07 bits per heavy atom. The average molecular weight is 407 g/mol. The van der Waals surface area contributed by atoms with Crippen molar-refractivity contribution in [3.8, 4) is 0 Å². The van der Waals surface area contributed by atoms with E-state index in [4.69, 9.17) is 0 Å². The van der Waals surface area contributed by atoms with Crippen LogP contribution >= 0.6 is 0 Å². The molecule has 0 amide bonds. The van der Waals surface area contributed by atoms with Gasteiger partial charge in [-0.25, -0.2) is 0 Å². The van der Waals surface area contributed by atoms with Crippen molar-refractivity contribution in [2.24, 2.45) is 16.9 Å². The summed E-state index contributed by atoms with van der Waals surface area (Å²) in [5.74, 6) is 0.254. The molecule has 29 heavy (non-hydrogen) atoms. The number of hydrogen-bond donors (Lipinski definition) is 3. The van der Waals surface area contributed by atoms with Crippen molar-refractivity contribution in [2.75, 3.05) is 0 Å². The van der Waals surface area contributed by atoms with Gasteiger partial charge in [-0.1, -0.05) is 39.3 Å². The number of nitrogens with zero attached hydrogens (tertiary/aromatic N) is 2. The fraction of sp³-hybridized carbons (Fsp3) is 0.524. The van der Waals surface area contributed by atoms with Crippen molar-refractivity contribution >= 4 is 5.71 Å². The first kappa shape index (κ1) is 21.2. The third kappa shape index (κ3) is 4.26. The predicted molar refractivity (Wildman–Crippen MR) is 108 cm³/mol. The number of allylic oxidation sites excluding steroid dienone is 1. The number of nitrogens with one attached hydrogen (secondary N) is 3. The monoisotopic (exact) mass is 407 g/mol. The van der Waals surface area contributed by atoms with Crippen LogP contribution in [0.15, 0.2) is 47.4 Å². The first-order chi connectivity index (χ1) is 13.8. The molecular formula is C21H28F3N5. The van der Waals surface area contributed by atoms with E-state index in [-0.39, 0.29) is 23.4 Å². The van der Waals surface area contributed by atoms with Crippen molar-refractivity contribution in [1.29, 1.82) is 0 Å². The van der Waals surface area contributed by atoms with E-state index in [1.54, 1.807) is 0 Å². The number of H-pyrrole nitrogens is 1. The summed E-state index contributed by atoms with van der Waals surface area (Å²) >= 11 is 0. The third-order valence-electron chi connectivity index (χ3n) is 5.43. The number of hydrogen-bond acceptors (Lipinski definition) is 4. The number of alkyl halides is 3. The molecule has 0 saturated heterocycles. The summed E-state index contributed by atoms with van der Waals surface area (Å²) in [5, 5.41) is 13.5. The van der Waals surface area contributed by atoms with Gasteiger partial charge < -0.3 is 10.7 Å². The molecule has 3 heterocycles. The lowest BCUT2D eigenvalue weighted by molar-refractivity contribution is -0.141. The average Bonchev–Trinajstić information content (AvgIpc) is 3.32. The second-order valence-corrected chi connectivity index (χ2v) is 7.79. The normalized spacial score (nSPS) is 24.5.